The van der Waals surface area contributed by atoms with Crippen LogP contribution in [0.1, 0.15) is 5.56 Å². The van der Waals surface area contributed by atoms with Gasteiger partial charge < -0.3 is 18.6 Å². The van der Waals surface area contributed by atoms with Gasteiger partial charge >= 0.3 is 0 Å². The monoisotopic (exact) mass is 372 g/mol. The lowest BCUT2D eigenvalue weighted by Gasteiger charge is -2.10. The molecule has 0 fully saturated rings. The fraction of sp³-hybridized carbons (Fsp3) is 0.263. The summed E-state index contributed by atoms with van der Waals surface area (Å²) in [5.41, 5.74) is 1.98. The summed E-state index contributed by atoms with van der Waals surface area (Å²) >= 11 is 1.45. The molecule has 3 aromatic rings. The van der Waals surface area contributed by atoms with Crippen LogP contribution in [0.4, 0.5) is 0 Å². The number of benzene rings is 2. The Hall–Kier alpha value is -2.67. The maximum atomic E-state index is 5.77. The molecule has 0 aliphatic carbocycles. The number of nitrogens with zero attached hydrogens (tertiary/aromatic N) is 2. The Morgan fingerprint density at radius 1 is 0.962 bits per heavy atom. The summed E-state index contributed by atoms with van der Waals surface area (Å²) in [5.74, 6) is 3.40. The Kier molecular flexibility index (Phi) is 6.01. The highest BCUT2D eigenvalue weighted by Gasteiger charge is 2.10. The minimum atomic E-state index is 0.483. The molecule has 0 unspecified atom stereocenters. The maximum Gasteiger partial charge on any atom is 0.276 e. The fourth-order valence-corrected chi connectivity index (χ4v) is 2.87. The van der Waals surface area contributed by atoms with E-state index in [1.165, 1.54) is 11.8 Å². The molecular weight excluding hydrogens is 352 g/mol. The van der Waals surface area contributed by atoms with Gasteiger partial charge in [0.15, 0.2) is 11.5 Å². The van der Waals surface area contributed by atoms with Crippen molar-refractivity contribution in [3.05, 3.63) is 48.0 Å². The van der Waals surface area contributed by atoms with Crippen LogP contribution in [0, 0.1) is 6.92 Å². The highest BCUT2D eigenvalue weighted by Crippen LogP contribution is 2.28. The van der Waals surface area contributed by atoms with Crippen molar-refractivity contribution in [2.45, 2.75) is 12.1 Å². The van der Waals surface area contributed by atoms with Gasteiger partial charge in [-0.3, -0.25) is 0 Å². The van der Waals surface area contributed by atoms with E-state index in [1.807, 2.05) is 49.4 Å². The molecule has 0 amide bonds. The number of aryl methyl sites for hydroxylation is 1. The van der Waals surface area contributed by atoms with Gasteiger partial charge in [-0.25, -0.2) is 0 Å². The van der Waals surface area contributed by atoms with Gasteiger partial charge in [0.05, 0.1) is 20.8 Å². The second kappa shape index (κ2) is 8.62. The van der Waals surface area contributed by atoms with E-state index in [0.717, 1.165) is 28.4 Å². The molecule has 3 rings (SSSR count). The molecule has 7 heteroatoms. The van der Waals surface area contributed by atoms with Crippen molar-refractivity contribution < 1.29 is 18.6 Å². The average molecular weight is 372 g/mol. The standard InChI is InChI=1S/C19H20N2O4S/c1-13-4-9-16(17(12-13)23-3)24-10-11-26-19-21-20-18(25-19)14-5-7-15(22-2)8-6-14/h4-9,12H,10-11H2,1-3H3. The van der Waals surface area contributed by atoms with E-state index < -0.39 is 0 Å². The van der Waals surface area contributed by atoms with Crippen LogP contribution in [0.25, 0.3) is 11.5 Å². The number of thioether (sulfide) groups is 1. The third-order valence-corrected chi connectivity index (χ3v) is 4.41. The van der Waals surface area contributed by atoms with Gasteiger partial charge in [-0.15, -0.1) is 10.2 Å². The Balaban J connectivity index is 1.52. The minimum absolute atomic E-state index is 0.483. The molecule has 0 aliphatic rings. The first-order chi connectivity index (χ1) is 12.7. The molecular formula is C19H20N2O4S. The molecule has 136 valence electrons. The van der Waals surface area contributed by atoms with E-state index in [1.54, 1.807) is 14.2 Å². The van der Waals surface area contributed by atoms with E-state index in [4.69, 9.17) is 18.6 Å². The summed E-state index contributed by atoms with van der Waals surface area (Å²) in [6, 6.07) is 13.3. The number of rotatable bonds is 8. The third-order valence-electron chi connectivity index (χ3n) is 3.63. The minimum Gasteiger partial charge on any atom is -0.497 e. The van der Waals surface area contributed by atoms with Crippen molar-refractivity contribution in [3.63, 3.8) is 0 Å². The van der Waals surface area contributed by atoms with Crippen LogP contribution in [-0.4, -0.2) is 36.8 Å². The van der Waals surface area contributed by atoms with Gasteiger partial charge in [-0.2, -0.15) is 0 Å². The van der Waals surface area contributed by atoms with Crippen molar-refractivity contribution in [3.8, 4) is 28.7 Å². The van der Waals surface area contributed by atoms with Crippen LogP contribution in [0.2, 0.25) is 0 Å². The molecule has 0 bridgehead atoms. The number of ether oxygens (including phenoxy) is 3. The van der Waals surface area contributed by atoms with Gasteiger partial charge in [-0.05, 0) is 48.9 Å². The van der Waals surface area contributed by atoms with E-state index in [9.17, 15) is 0 Å². The largest absolute Gasteiger partial charge is 0.497 e. The summed E-state index contributed by atoms with van der Waals surface area (Å²) in [6.45, 7) is 2.52. The summed E-state index contributed by atoms with van der Waals surface area (Å²) in [7, 11) is 3.26. The van der Waals surface area contributed by atoms with Gasteiger partial charge in [0.2, 0.25) is 5.89 Å². The second-order valence-corrected chi connectivity index (χ2v) is 6.50. The molecule has 2 aromatic carbocycles. The zero-order chi connectivity index (χ0) is 18.4. The Morgan fingerprint density at radius 3 is 2.50 bits per heavy atom. The van der Waals surface area contributed by atoms with Crippen molar-refractivity contribution in [1.29, 1.82) is 0 Å². The number of aromatic nitrogens is 2. The van der Waals surface area contributed by atoms with Crippen LogP contribution < -0.4 is 14.2 Å². The molecule has 0 saturated carbocycles. The van der Waals surface area contributed by atoms with Crippen LogP contribution in [0.3, 0.4) is 0 Å². The summed E-state index contributed by atoms with van der Waals surface area (Å²) in [6.07, 6.45) is 0. The highest BCUT2D eigenvalue weighted by atomic mass is 32.2. The molecule has 0 radical (unpaired) electrons. The topological polar surface area (TPSA) is 66.6 Å². The Labute approximate surface area is 156 Å². The van der Waals surface area contributed by atoms with E-state index in [2.05, 4.69) is 10.2 Å². The normalized spacial score (nSPS) is 10.6. The smallest absolute Gasteiger partial charge is 0.276 e. The predicted octanol–water partition coefficient (Wildman–Crippen LogP) is 4.23. The summed E-state index contributed by atoms with van der Waals surface area (Å²) in [5, 5.41) is 8.65. The lowest BCUT2D eigenvalue weighted by molar-refractivity contribution is 0.313. The van der Waals surface area contributed by atoms with Crippen LogP contribution in [0.15, 0.2) is 52.1 Å². The SMILES string of the molecule is COc1ccc(-c2nnc(SCCOc3ccc(C)cc3OC)o2)cc1. The van der Waals surface area contributed by atoms with E-state index in [-0.39, 0.29) is 0 Å². The van der Waals surface area contributed by atoms with E-state index in [0.29, 0.717) is 23.5 Å². The van der Waals surface area contributed by atoms with Crippen molar-refractivity contribution in [2.75, 3.05) is 26.6 Å². The lowest BCUT2D eigenvalue weighted by atomic mass is 10.2. The van der Waals surface area contributed by atoms with E-state index >= 15 is 0 Å². The average Bonchev–Trinajstić information content (AvgIpc) is 3.15. The molecule has 0 atom stereocenters. The number of methoxy groups -OCH3 is 2. The quantitative estimate of drug-likeness (QED) is 0.433. The van der Waals surface area contributed by atoms with Crippen LogP contribution in [0.5, 0.6) is 17.2 Å². The third kappa shape index (κ3) is 4.49. The predicted molar refractivity (Wildman–Crippen MR) is 100 cm³/mol. The van der Waals surface area contributed by atoms with Crippen molar-refractivity contribution >= 4 is 11.8 Å². The zero-order valence-corrected chi connectivity index (χ0v) is 15.7. The van der Waals surface area contributed by atoms with Gasteiger partial charge in [0, 0.05) is 11.3 Å². The second-order valence-electron chi connectivity index (χ2n) is 5.45. The van der Waals surface area contributed by atoms with Crippen molar-refractivity contribution in [2.24, 2.45) is 0 Å². The molecule has 1 heterocycles. The molecule has 0 spiro atoms. The maximum absolute atomic E-state index is 5.77. The number of hydrogen-bond acceptors (Lipinski definition) is 7. The zero-order valence-electron chi connectivity index (χ0n) is 14.9. The summed E-state index contributed by atoms with van der Waals surface area (Å²) in [4.78, 5) is 0. The van der Waals surface area contributed by atoms with Crippen LogP contribution in [-0.2, 0) is 0 Å². The van der Waals surface area contributed by atoms with Gasteiger partial charge in [0.25, 0.3) is 5.22 Å². The first kappa shape index (κ1) is 18.1. The molecule has 0 aliphatic heterocycles. The molecule has 26 heavy (non-hydrogen) atoms. The number of hydrogen-bond donors (Lipinski definition) is 0. The van der Waals surface area contributed by atoms with Gasteiger partial charge in [0.1, 0.15) is 5.75 Å². The molecule has 0 N–H and O–H groups in total. The molecule has 6 nitrogen and oxygen atoms in total. The molecule has 0 saturated heterocycles. The Bertz CT molecular complexity index is 849. The molecule has 1 aromatic heterocycles. The first-order valence-corrected chi connectivity index (χ1v) is 9.06. The lowest BCUT2D eigenvalue weighted by Crippen LogP contribution is -2.01. The van der Waals surface area contributed by atoms with Crippen molar-refractivity contribution in [1.82, 2.24) is 10.2 Å². The van der Waals surface area contributed by atoms with Crippen LogP contribution >= 0.6 is 11.8 Å². The van der Waals surface area contributed by atoms with Gasteiger partial charge in [-0.1, -0.05) is 17.8 Å². The summed E-state index contributed by atoms with van der Waals surface area (Å²) < 4.78 is 21.9. The Morgan fingerprint density at radius 2 is 1.77 bits per heavy atom. The highest BCUT2D eigenvalue weighted by molar-refractivity contribution is 7.99. The fourth-order valence-electron chi connectivity index (χ4n) is 2.29. The first-order valence-electron chi connectivity index (χ1n) is 8.08.